The second-order valence-corrected chi connectivity index (χ2v) is 7.44. The number of rotatable bonds is 2. The quantitative estimate of drug-likeness (QED) is 0.743. The Morgan fingerprint density at radius 1 is 1.06 bits per heavy atom. The first-order valence-electron chi connectivity index (χ1n) is 8.14. The topological polar surface area (TPSA) is 6.48 Å². The van der Waals surface area contributed by atoms with Crippen molar-refractivity contribution in [2.45, 2.75) is 70.9 Å². The number of hydrogen-bond acceptors (Lipinski definition) is 2. The van der Waals surface area contributed by atoms with Gasteiger partial charge in [0, 0.05) is 31.7 Å². The molecule has 1 aliphatic carbocycles. The molecule has 0 aromatic carbocycles. The molecule has 2 nitrogen and oxygen atoms in total. The van der Waals surface area contributed by atoms with E-state index in [1.165, 1.54) is 71.1 Å². The van der Waals surface area contributed by atoms with Crippen molar-refractivity contribution in [3.05, 3.63) is 0 Å². The van der Waals surface area contributed by atoms with Gasteiger partial charge in [-0.1, -0.05) is 26.2 Å². The van der Waals surface area contributed by atoms with E-state index in [9.17, 15) is 0 Å². The van der Waals surface area contributed by atoms with Gasteiger partial charge in [0.15, 0.2) is 0 Å². The predicted octanol–water partition coefficient (Wildman–Crippen LogP) is 3.13. The highest BCUT2D eigenvalue weighted by Crippen LogP contribution is 2.39. The van der Waals surface area contributed by atoms with Gasteiger partial charge in [-0.25, -0.2) is 0 Å². The largest absolute Gasteiger partial charge is 0.298 e. The summed E-state index contributed by atoms with van der Waals surface area (Å²) in [6.45, 7) is 10.4. The third-order valence-electron chi connectivity index (χ3n) is 5.71. The minimum atomic E-state index is 0.630. The summed E-state index contributed by atoms with van der Waals surface area (Å²) in [7, 11) is 0. The van der Waals surface area contributed by atoms with Gasteiger partial charge in [-0.3, -0.25) is 9.80 Å². The van der Waals surface area contributed by atoms with Crippen LogP contribution in [0.5, 0.6) is 0 Å². The summed E-state index contributed by atoms with van der Waals surface area (Å²) in [5.41, 5.74) is 0.630. The predicted molar refractivity (Wildman–Crippen MR) is 76.8 cm³/mol. The molecule has 0 radical (unpaired) electrons. The molecule has 2 heterocycles. The number of fused-ring (bicyclic) bond motifs is 1. The maximum atomic E-state index is 2.82. The van der Waals surface area contributed by atoms with Gasteiger partial charge in [-0.05, 0) is 44.6 Å². The fourth-order valence-electron chi connectivity index (χ4n) is 4.51. The number of piperidine rings is 1. The van der Waals surface area contributed by atoms with E-state index in [-0.39, 0.29) is 0 Å². The van der Waals surface area contributed by atoms with Gasteiger partial charge < -0.3 is 0 Å². The smallest absolute Gasteiger partial charge is 0.0223 e. The molecule has 1 saturated carbocycles. The monoisotopic (exact) mass is 250 g/mol. The Bertz CT molecular complexity index is 283. The Morgan fingerprint density at radius 2 is 1.83 bits per heavy atom. The van der Waals surface area contributed by atoms with Crippen LogP contribution in [-0.2, 0) is 0 Å². The third kappa shape index (κ3) is 2.60. The maximum Gasteiger partial charge on any atom is 0.0223 e. The normalized spacial score (nSPS) is 37.7. The standard InChI is InChI=1S/C16H30N2/c1-14-11-17-10-6-3-7-15(17)12-18(14)13-16(2)8-4-5-9-16/h14-15H,3-13H2,1-2H3. The van der Waals surface area contributed by atoms with Crippen molar-refractivity contribution in [2.24, 2.45) is 5.41 Å². The van der Waals surface area contributed by atoms with Crippen molar-refractivity contribution in [1.82, 2.24) is 9.80 Å². The zero-order valence-corrected chi connectivity index (χ0v) is 12.3. The first-order valence-corrected chi connectivity index (χ1v) is 8.14. The second kappa shape index (κ2) is 5.13. The third-order valence-corrected chi connectivity index (χ3v) is 5.71. The van der Waals surface area contributed by atoms with Gasteiger partial charge in [-0.15, -0.1) is 0 Å². The van der Waals surface area contributed by atoms with Gasteiger partial charge in [0.25, 0.3) is 0 Å². The summed E-state index contributed by atoms with van der Waals surface area (Å²) in [5, 5.41) is 0. The molecular weight excluding hydrogens is 220 g/mol. The van der Waals surface area contributed by atoms with Crippen LogP contribution in [-0.4, -0.2) is 48.1 Å². The van der Waals surface area contributed by atoms with Crippen molar-refractivity contribution in [1.29, 1.82) is 0 Å². The van der Waals surface area contributed by atoms with Crippen LogP contribution >= 0.6 is 0 Å². The zero-order valence-electron chi connectivity index (χ0n) is 12.3. The maximum absolute atomic E-state index is 2.82. The molecule has 18 heavy (non-hydrogen) atoms. The average molecular weight is 250 g/mol. The van der Waals surface area contributed by atoms with Crippen molar-refractivity contribution in [3.63, 3.8) is 0 Å². The van der Waals surface area contributed by atoms with E-state index in [4.69, 9.17) is 0 Å². The lowest BCUT2D eigenvalue weighted by molar-refractivity contribution is -0.00360. The Balaban J connectivity index is 1.61. The van der Waals surface area contributed by atoms with E-state index in [1.54, 1.807) is 0 Å². The van der Waals surface area contributed by atoms with E-state index in [2.05, 4.69) is 23.6 Å². The number of piperazine rings is 1. The summed E-state index contributed by atoms with van der Waals surface area (Å²) in [6, 6.07) is 1.65. The molecule has 3 rings (SSSR count). The lowest BCUT2D eigenvalue weighted by atomic mass is 9.86. The first kappa shape index (κ1) is 12.9. The highest BCUT2D eigenvalue weighted by Gasteiger charge is 2.37. The molecule has 0 spiro atoms. The van der Waals surface area contributed by atoms with Crippen LogP contribution in [0.1, 0.15) is 58.8 Å². The lowest BCUT2D eigenvalue weighted by Crippen LogP contribution is -2.60. The molecule has 2 aliphatic heterocycles. The van der Waals surface area contributed by atoms with E-state index < -0.39 is 0 Å². The van der Waals surface area contributed by atoms with Crippen LogP contribution in [0.25, 0.3) is 0 Å². The average Bonchev–Trinajstić information content (AvgIpc) is 2.77. The van der Waals surface area contributed by atoms with Crippen LogP contribution in [0.15, 0.2) is 0 Å². The molecule has 0 aromatic heterocycles. The molecule has 0 N–H and O–H groups in total. The minimum absolute atomic E-state index is 0.630. The molecule has 104 valence electrons. The van der Waals surface area contributed by atoms with E-state index >= 15 is 0 Å². The van der Waals surface area contributed by atoms with Crippen LogP contribution in [0.2, 0.25) is 0 Å². The Labute approximate surface area is 113 Å². The Hall–Kier alpha value is -0.0800. The first-order chi connectivity index (χ1) is 8.66. The SMILES string of the molecule is CC1CN2CCCCC2CN1CC1(C)CCCC1. The number of hydrogen-bond donors (Lipinski definition) is 0. The van der Waals surface area contributed by atoms with Gasteiger partial charge in [0.05, 0.1) is 0 Å². The summed E-state index contributed by atoms with van der Waals surface area (Å²) in [4.78, 5) is 5.58. The van der Waals surface area contributed by atoms with Crippen molar-refractivity contribution in [2.75, 3.05) is 26.2 Å². The van der Waals surface area contributed by atoms with Crippen LogP contribution in [0.3, 0.4) is 0 Å². The molecule has 2 unspecified atom stereocenters. The van der Waals surface area contributed by atoms with Crippen molar-refractivity contribution >= 4 is 0 Å². The molecule has 3 fully saturated rings. The molecular formula is C16H30N2. The highest BCUT2D eigenvalue weighted by atomic mass is 15.3. The Kier molecular flexibility index (Phi) is 3.68. The molecule has 3 aliphatic rings. The molecule has 0 amide bonds. The highest BCUT2D eigenvalue weighted by molar-refractivity contribution is 4.92. The summed E-state index contributed by atoms with van der Waals surface area (Å²) in [6.07, 6.45) is 10.2. The minimum Gasteiger partial charge on any atom is -0.298 e. The van der Waals surface area contributed by atoms with Crippen LogP contribution in [0.4, 0.5) is 0 Å². The lowest BCUT2D eigenvalue weighted by Gasteiger charge is -2.49. The van der Waals surface area contributed by atoms with Gasteiger partial charge in [0.2, 0.25) is 0 Å². The van der Waals surface area contributed by atoms with Gasteiger partial charge in [-0.2, -0.15) is 0 Å². The molecule has 2 saturated heterocycles. The summed E-state index contributed by atoms with van der Waals surface area (Å²) >= 11 is 0. The fraction of sp³-hybridized carbons (Fsp3) is 1.00. The second-order valence-electron chi connectivity index (χ2n) is 7.44. The van der Waals surface area contributed by atoms with Crippen molar-refractivity contribution < 1.29 is 0 Å². The van der Waals surface area contributed by atoms with Gasteiger partial charge >= 0.3 is 0 Å². The van der Waals surface area contributed by atoms with E-state index in [1.807, 2.05) is 0 Å². The van der Waals surface area contributed by atoms with Crippen LogP contribution in [0, 0.1) is 5.41 Å². The zero-order chi connectivity index (χ0) is 12.6. The van der Waals surface area contributed by atoms with Gasteiger partial charge in [0.1, 0.15) is 0 Å². The molecule has 0 aromatic rings. The number of nitrogens with zero attached hydrogens (tertiary/aromatic N) is 2. The Morgan fingerprint density at radius 3 is 2.61 bits per heavy atom. The molecule has 2 heteroatoms. The molecule has 2 atom stereocenters. The van der Waals surface area contributed by atoms with E-state index in [0.717, 1.165) is 12.1 Å². The summed E-state index contributed by atoms with van der Waals surface area (Å²) < 4.78 is 0. The van der Waals surface area contributed by atoms with E-state index in [0.29, 0.717) is 5.41 Å². The molecule has 0 bridgehead atoms. The van der Waals surface area contributed by atoms with Crippen molar-refractivity contribution in [3.8, 4) is 0 Å². The van der Waals surface area contributed by atoms with Crippen LogP contribution < -0.4 is 0 Å². The summed E-state index contributed by atoms with van der Waals surface area (Å²) in [5.74, 6) is 0. The fourth-order valence-corrected chi connectivity index (χ4v) is 4.51.